The van der Waals surface area contributed by atoms with Crippen LogP contribution in [0.2, 0.25) is 0 Å². The molecule has 1 nitrogen and oxygen atoms in total. The Morgan fingerprint density at radius 1 is 1.06 bits per heavy atom. The number of halogens is 1. The van der Waals surface area contributed by atoms with E-state index >= 15 is 0 Å². The molecule has 2 aromatic carbocycles. The average molecular weight is 255 g/mol. The third-order valence-electron chi connectivity index (χ3n) is 3.28. The number of rotatable bonds is 2. The van der Waals surface area contributed by atoms with E-state index in [0.717, 1.165) is 12.0 Å². The standard InChI is InChI=1S/C16H11ClO/c17-16(7-8-18)12-5-6-15-13(10-12)9-11-3-1-2-4-14(11)15/h1-8,10H,9H2/b16-7+. The van der Waals surface area contributed by atoms with Crippen LogP contribution in [0, 0.1) is 0 Å². The molecule has 0 unspecified atom stereocenters. The van der Waals surface area contributed by atoms with Gasteiger partial charge >= 0.3 is 0 Å². The van der Waals surface area contributed by atoms with E-state index in [4.69, 9.17) is 11.6 Å². The van der Waals surface area contributed by atoms with Gasteiger partial charge in [-0.2, -0.15) is 0 Å². The van der Waals surface area contributed by atoms with E-state index in [9.17, 15) is 4.79 Å². The molecule has 0 amide bonds. The van der Waals surface area contributed by atoms with Crippen molar-refractivity contribution >= 4 is 22.9 Å². The number of aldehydes is 1. The highest BCUT2D eigenvalue weighted by Gasteiger charge is 2.18. The van der Waals surface area contributed by atoms with Gasteiger partial charge in [-0.05, 0) is 46.4 Å². The van der Waals surface area contributed by atoms with Crippen LogP contribution >= 0.6 is 11.6 Å². The largest absolute Gasteiger partial charge is 0.299 e. The van der Waals surface area contributed by atoms with Crippen molar-refractivity contribution < 1.29 is 4.79 Å². The zero-order valence-corrected chi connectivity index (χ0v) is 10.4. The molecule has 0 saturated carbocycles. The molecule has 0 spiro atoms. The zero-order chi connectivity index (χ0) is 12.5. The van der Waals surface area contributed by atoms with Crippen molar-refractivity contribution in [2.45, 2.75) is 6.42 Å². The molecule has 0 N–H and O–H groups in total. The summed E-state index contributed by atoms with van der Waals surface area (Å²) in [7, 11) is 0. The van der Waals surface area contributed by atoms with Gasteiger partial charge in [0.15, 0.2) is 0 Å². The van der Waals surface area contributed by atoms with Crippen LogP contribution in [0.1, 0.15) is 16.7 Å². The van der Waals surface area contributed by atoms with Gasteiger partial charge in [-0.15, -0.1) is 0 Å². The quantitative estimate of drug-likeness (QED) is 0.498. The molecule has 0 fully saturated rings. The minimum atomic E-state index is 0.490. The van der Waals surface area contributed by atoms with Crippen LogP contribution in [0.25, 0.3) is 16.2 Å². The molecule has 88 valence electrons. The van der Waals surface area contributed by atoms with Gasteiger partial charge in [-0.25, -0.2) is 0 Å². The van der Waals surface area contributed by atoms with E-state index in [0.29, 0.717) is 11.3 Å². The van der Waals surface area contributed by atoms with Crippen LogP contribution in [0.5, 0.6) is 0 Å². The Morgan fingerprint density at radius 3 is 2.67 bits per heavy atom. The zero-order valence-electron chi connectivity index (χ0n) is 9.69. The minimum absolute atomic E-state index is 0.490. The monoisotopic (exact) mass is 254 g/mol. The lowest BCUT2D eigenvalue weighted by molar-refractivity contribution is -0.104. The number of fused-ring (bicyclic) bond motifs is 3. The number of allylic oxidation sites excluding steroid dienone is 1. The fourth-order valence-electron chi connectivity index (χ4n) is 2.45. The number of benzene rings is 2. The van der Waals surface area contributed by atoms with Crippen molar-refractivity contribution in [3.63, 3.8) is 0 Å². The van der Waals surface area contributed by atoms with Gasteiger partial charge in [0, 0.05) is 0 Å². The van der Waals surface area contributed by atoms with Gasteiger partial charge in [-0.1, -0.05) is 48.0 Å². The number of carbonyl (C=O) groups excluding carboxylic acids is 1. The average Bonchev–Trinajstić information content (AvgIpc) is 2.76. The molecule has 0 aliphatic heterocycles. The van der Waals surface area contributed by atoms with E-state index in [1.807, 2.05) is 6.07 Å². The van der Waals surface area contributed by atoms with Gasteiger partial charge in [0.05, 0.1) is 5.03 Å². The molecule has 0 saturated heterocycles. The molecule has 0 radical (unpaired) electrons. The third kappa shape index (κ3) is 1.77. The fourth-order valence-corrected chi connectivity index (χ4v) is 2.62. The minimum Gasteiger partial charge on any atom is -0.299 e. The van der Waals surface area contributed by atoms with Crippen LogP contribution in [-0.2, 0) is 11.2 Å². The van der Waals surface area contributed by atoms with Gasteiger partial charge in [-0.3, -0.25) is 4.79 Å². The maximum atomic E-state index is 10.4. The summed E-state index contributed by atoms with van der Waals surface area (Å²) >= 11 is 6.05. The lowest BCUT2D eigenvalue weighted by Gasteiger charge is -2.03. The molecule has 1 aliphatic rings. The van der Waals surface area contributed by atoms with Crippen molar-refractivity contribution in [1.82, 2.24) is 0 Å². The predicted molar refractivity (Wildman–Crippen MR) is 74.6 cm³/mol. The van der Waals surface area contributed by atoms with Crippen LogP contribution in [-0.4, -0.2) is 6.29 Å². The number of hydrogen-bond donors (Lipinski definition) is 0. The van der Waals surface area contributed by atoms with E-state index < -0.39 is 0 Å². The van der Waals surface area contributed by atoms with Gasteiger partial charge in [0.1, 0.15) is 6.29 Å². The second-order valence-corrected chi connectivity index (χ2v) is 4.76. The first kappa shape index (κ1) is 11.2. The molecule has 0 atom stereocenters. The molecular formula is C16H11ClO. The lowest BCUT2D eigenvalue weighted by Crippen LogP contribution is -1.84. The second kappa shape index (κ2) is 4.43. The Balaban J connectivity index is 2.09. The Hall–Kier alpha value is -1.86. The Bertz CT molecular complexity index is 656. The first-order valence-corrected chi connectivity index (χ1v) is 6.20. The van der Waals surface area contributed by atoms with Crippen molar-refractivity contribution in [1.29, 1.82) is 0 Å². The first-order chi connectivity index (χ1) is 8.79. The van der Waals surface area contributed by atoms with Crippen LogP contribution in [0.4, 0.5) is 0 Å². The highest BCUT2D eigenvalue weighted by Crippen LogP contribution is 2.37. The Labute approximate surface area is 111 Å². The summed E-state index contributed by atoms with van der Waals surface area (Å²) in [5.41, 5.74) is 6.08. The summed E-state index contributed by atoms with van der Waals surface area (Å²) in [6, 6.07) is 14.5. The third-order valence-corrected chi connectivity index (χ3v) is 3.63. The first-order valence-electron chi connectivity index (χ1n) is 5.82. The molecular weight excluding hydrogens is 244 g/mol. The smallest absolute Gasteiger partial charge is 0.144 e. The van der Waals surface area contributed by atoms with E-state index in [1.165, 1.54) is 28.3 Å². The van der Waals surface area contributed by atoms with Crippen molar-refractivity contribution in [3.05, 3.63) is 65.2 Å². The van der Waals surface area contributed by atoms with E-state index in [-0.39, 0.29) is 0 Å². The maximum absolute atomic E-state index is 10.4. The fraction of sp³-hybridized carbons (Fsp3) is 0.0625. The highest BCUT2D eigenvalue weighted by molar-refractivity contribution is 6.49. The summed E-state index contributed by atoms with van der Waals surface area (Å²) in [6.07, 6.45) is 3.03. The normalized spacial score (nSPS) is 13.1. The molecule has 2 aromatic rings. The van der Waals surface area contributed by atoms with Crippen molar-refractivity contribution in [2.24, 2.45) is 0 Å². The summed E-state index contributed by atoms with van der Waals surface area (Å²) < 4.78 is 0. The highest BCUT2D eigenvalue weighted by atomic mass is 35.5. The summed E-state index contributed by atoms with van der Waals surface area (Å²) in [6.45, 7) is 0. The summed E-state index contributed by atoms with van der Waals surface area (Å²) in [5, 5.41) is 0.490. The molecule has 18 heavy (non-hydrogen) atoms. The molecule has 3 rings (SSSR count). The van der Waals surface area contributed by atoms with Crippen LogP contribution < -0.4 is 0 Å². The van der Waals surface area contributed by atoms with E-state index in [2.05, 4.69) is 36.4 Å². The molecule has 0 heterocycles. The van der Waals surface area contributed by atoms with Gasteiger partial charge < -0.3 is 0 Å². The van der Waals surface area contributed by atoms with Crippen molar-refractivity contribution in [2.75, 3.05) is 0 Å². The SMILES string of the molecule is O=C/C=C(/Cl)c1ccc2c(c1)Cc1ccccc1-2. The van der Waals surface area contributed by atoms with Gasteiger partial charge in [0.25, 0.3) is 0 Å². The molecule has 0 aromatic heterocycles. The Kier molecular flexibility index (Phi) is 2.77. The molecule has 1 aliphatic carbocycles. The van der Waals surface area contributed by atoms with E-state index in [1.54, 1.807) is 0 Å². The maximum Gasteiger partial charge on any atom is 0.144 e. The summed E-state index contributed by atoms with van der Waals surface area (Å²) in [5.74, 6) is 0. The second-order valence-electron chi connectivity index (χ2n) is 4.36. The summed E-state index contributed by atoms with van der Waals surface area (Å²) in [4.78, 5) is 10.4. The molecule has 2 heteroatoms. The van der Waals surface area contributed by atoms with Crippen molar-refractivity contribution in [3.8, 4) is 11.1 Å². The lowest BCUT2D eigenvalue weighted by atomic mass is 10.0. The van der Waals surface area contributed by atoms with Crippen LogP contribution in [0.15, 0.2) is 48.5 Å². The van der Waals surface area contributed by atoms with Crippen LogP contribution in [0.3, 0.4) is 0 Å². The topological polar surface area (TPSA) is 17.1 Å². The van der Waals surface area contributed by atoms with Gasteiger partial charge in [0.2, 0.25) is 0 Å². The Morgan fingerprint density at radius 2 is 1.83 bits per heavy atom. The predicted octanol–water partition coefficient (Wildman–Crippen LogP) is 4.04. The molecule has 0 bridgehead atoms. The number of hydrogen-bond acceptors (Lipinski definition) is 1. The number of carbonyl (C=O) groups is 1.